The minimum atomic E-state index is -1.65. The average molecular weight is 337 g/mol. The fourth-order valence-electron chi connectivity index (χ4n) is 5.23. The van der Waals surface area contributed by atoms with Crippen molar-refractivity contribution in [3.8, 4) is 0 Å². The van der Waals surface area contributed by atoms with Gasteiger partial charge in [-0.1, -0.05) is 46.8 Å². The first-order valence-electron chi connectivity index (χ1n) is 9.42. The van der Waals surface area contributed by atoms with Crippen LogP contribution in [0.4, 0.5) is 0 Å². The minimum absolute atomic E-state index is 0.0213. The van der Waals surface area contributed by atoms with Crippen molar-refractivity contribution >= 4 is 14.3 Å². The van der Waals surface area contributed by atoms with Gasteiger partial charge in [-0.3, -0.25) is 4.79 Å². The molecule has 130 valence electrons. The van der Waals surface area contributed by atoms with Gasteiger partial charge >= 0.3 is 5.97 Å². The summed E-state index contributed by atoms with van der Waals surface area (Å²) in [7, 11) is -1.65. The maximum absolute atomic E-state index is 12.3. The van der Waals surface area contributed by atoms with E-state index in [2.05, 4.69) is 46.8 Å². The fourth-order valence-corrected chi connectivity index (χ4v) is 8.06. The van der Waals surface area contributed by atoms with Gasteiger partial charge in [0.05, 0.1) is 12.0 Å². The molecular formula is C19H32O3Si. The molecular weight excluding hydrogens is 304 g/mol. The van der Waals surface area contributed by atoms with Crippen LogP contribution >= 0.6 is 0 Å². The molecule has 0 spiro atoms. The molecule has 0 amide bonds. The summed E-state index contributed by atoms with van der Waals surface area (Å²) in [4.78, 5) is 12.3. The van der Waals surface area contributed by atoms with Crippen molar-refractivity contribution in [2.75, 3.05) is 0 Å². The van der Waals surface area contributed by atoms with E-state index in [0.29, 0.717) is 11.8 Å². The van der Waals surface area contributed by atoms with E-state index in [1.165, 1.54) is 18.1 Å². The van der Waals surface area contributed by atoms with E-state index in [9.17, 15) is 4.79 Å². The van der Waals surface area contributed by atoms with Crippen LogP contribution in [-0.4, -0.2) is 26.5 Å². The molecule has 0 unspecified atom stereocenters. The Balaban J connectivity index is 1.90. The first kappa shape index (κ1) is 17.2. The number of carbonyl (C=O) groups is 1. The lowest BCUT2D eigenvalue weighted by Gasteiger charge is -2.36. The van der Waals surface area contributed by atoms with Crippen LogP contribution in [0.3, 0.4) is 0 Å². The summed E-state index contributed by atoms with van der Waals surface area (Å²) < 4.78 is 12.7. The number of hydrogen-bond donors (Lipinski definition) is 0. The van der Waals surface area contributed by atoms with Crippen molar-refractivity contribution in [3.05, 3.63) is 12.2 Å². The second-order valence-corrected chi connectivity index (χ2v) is 13.1. The number of hydrogen-bond acceptors (Lipinski definition) is 3. The third kappa shape index (κ3) is 2.72. The highest BCUT2D eigenvalue weighted by Crippen LogP contribution is 2.57. The third-order valence-electron chi connectivity index (χ3n) is 6.84. The molecule has 2 aliphatic carbocycles. The molecule has 0 radical (unpaired) electrons. The highest BCUT2D eigenvalue weighted by Gasteiger charge is 2.61. The Bertz CT molecular complexity index is 487. The van der Waals surface area contributed by atoms with Gasteiger partial charge in [-0.25, -0.2) is 0 Å². The normalized spacial score (nSPS) is 38.3. The molecule has 4 heteroatoms. The van der Waals surface area contributed by atoms with Crippen LogP contribution in [-0.2, 0) is 14.0 Å². The van der Waals surface area contributed by atoms with Crippen LogP contribution in [0, 0.1) is 23.2 Å². The number of rotatable bonds is 5. The second-order valence-electron chi connectivity index (χ2n) is 8.39. The molecule has 0 bridgehead atoms. The molecule has 23 heavy (non-hydrogen) atoms. The van der Waals surface area contributed by atoms with E-state index in [1.54, 1.807) is 0 Å². The molecule has 3 rings (SSSR count). The first-order chi connectivity index (χ1) is 10.9. The topological polar surface area (TPSA) is 35.5 Å². The largest absolute Gasteiger partial charge is 0.461 e. The molecule has 2 fully saturated rings. The van der Waals surface area contributed by atoms with E-state index in [0.717, 1.165) is 12.8 Å². The van der Waals surface area contributed by atoms with Crippen molar-refractivity contribution in [2.45, 2.75) is 77.8 Å². The molecule has 3 aliphatic rings. The summed E-state index contributed by atoms with van der Waals surface area (Å²) in [6.45, 7) is 11.4. The van der Waals surface area contributed by atoms with Crippen LogP contribution in [0.2, 0.25) is 18.1 Å². The highest BCUT2D eigenvalue weighted by molar-refractivity contribution is 6.73. The lowest BCUT2D eigenvalue weighted by molar-refractivity contribution is -0.147. The minimum Gasteiger partial charge on any atom is -0.461 e. The van der Waals surface area contributed by atoms with Gasteiger partial charge < -0.3 is 9.16 Å². The summed E-state index contributed by atoms with van der Waals surface area (Å²) in [6.07, 6.45) is 6.64. The predicted molar refractivity (Wildman–Crippen MR) is 94.6 cm³/mol. The van der Waals surface area contributed by atoms with E-state index in [4.69, 9.17) is 9.16 Å². The van der Waals surface area contributed by atoms with Crippen LogP contribution in [0.1, 0.15) is 47.5 Å². The quantitative estimate of drug-likeness (QED) is 0.420. The van der Waals surface area contributed by atoms with Crippen molar-refractivity contribution in [1.29, 1.82) is 0 Å². The van der Waals surface area contributed by atoms with E-state index >= 15 is 0 Å². The van der Waals surface area contributed by atoms with Gasteiger partial charge in [-0.05, 0) is 36.9 Å². The lowest BCUT2D eigenvalue weighted by Crippen LogP contribution is -2.43. The van der Waals surface area contributed by atoms with Crippen LogP contribution in [0.5, 0.6) is 0 Å². The van der Waals surface area contributed by atoms with Gasteiger partial charge in [0.2, 0.25) is 0 Å². The Kier molecular flexibility index (Phi) is 4.52. The molecule has 1 heterocycles. The highest BCUT2D eigenvalue weighted by atomic mass is 28.4. The van der Waals surface area contributed by atoms with E-state index in [-0.39, 0.29) is 29.5 Å². The standard InChI is InChI=1S/C19H32O3Si/c1-6-23(7-2,8-3)22-15-11-9-10-13-16-14(15)12-19(4,5)17(16)21-18(13)20/h9,11,13-17H,6-8,10,12H2,1-5H3/t13-,14-,15-,16+,17+/m0/s1. The van der Waals surface area contributed by atoms with Gasteiger partial charge in [0.25, 0.3) is 0 Å². The maximum Gasteiger partial charge on any atom is 0.309 e. The number of ether oxygens (including phenoxy) is 1. The zero-order chi connectivity index (χ0) is 16.8. The number of allylic oxidation sites excluding steroid dienone is 1. The van der Waals surface area contributed by atoms with Gasteiger partial charge in [0, 0.05) is 11.3 Å². The Morgan fingerprint density at radius 2 is 1.91 bits per heavy atom. The van der Waals surface area contributed by atoms with Crippen LogP contribution in [0.25, 0.3) is 0 Å². The summed E-state index contributed by atoms with van der Waals surface area (Å²) in [5.41, 5.74) is 0.0708. The molecule has 3 nitrogen and oxygen atoms in total. The van der Waals surface area contributed by atoms with Gasteiger partial charge in [-0.15, -0.1) is 0 Å². The Morgan fingerprint density at radius 3 is 2.52 bits per heavy atom. The van der Waals surface area contributed by atoms with Crippen LogP contribution < -0.4 is 0 Å². The fraction of sp³-hybridized carbons (Fsp3) is 0.842. The zero-order valence-corrected chi connectivity index (χ0v) is 16.3. The summed E-state index contributed by atoms with van der Waals surface area (Å²) >= 11 is 0. The molecule has 0 N–H and O–H groups in total. The molecule has 1 saturated heterocycles. The zero-order valence-electron chi connectivity index (χ0n) is 15.3. The molecule has 0 aromatic heterocycles. The smallest absolute Gasteiger partial charge is 0.309 e. The number of esters is 1. The first-order valence-corrected chi connectivity index (χ1v) is 12.0. The van der Waals surface area contributed by atoms with Gasteiger partial charge in [0.15, 0.2) is 8.32 Å². The van der Waals surface area contributed by atoms with Gasteiger partial charge in [-0.2, -0.15) is 0 Å². The SMILES string of the molecule is CC[Si](CC)(CC)O[C@H]1C=CC[C@@H]2C(=O)O[C@@H]3[C@H]2[C@H]1CC3(C)C. The van der Waals surface area contributed by atoms with Crippen molar-refractivity contribution in [1.82, 2.24) is 0 Å². The Morgan fingerprint density at radius 1 is 1.26 bits per heavy atom. The molecule has 0 aromatic carbocycles. The Hall–Kier alpha value is -0.613. The second kappa shape index (κ2) is 6.03. The Labute approximate surface area is 141 Å². The van der Waals surface area contributed by atoms with Crippen molar-refractivity contribution in [3.63, 3.8) is 0 Å². The third-order valence-corrected chi connectivity index (χ3v) is 11.5. The molecule has 1 saturated carbocycles. The summed E-state index contributed by atoms with van der Waals surface area (Å²) in [6, 6.07) is 3.52. The summed E-state index contributed by atoms with van der Waals surface area (Å²) in [5, 5.41) is 0. The van der Waals surface area contributed by atoms with E-state index < -0.39 is 8.32 Å². The monoisotopic (exact) mass is 336 g/mol. The molecule has 5 atom stereocenters. The van der Waals surface area contributed by atoms with E-state index in [1.807, 2.05) is 0 Å². The van der Waals surface area contributed by atoms with Crippen LogP contribution in [0.15, 0.2) is 12.2 Å². The van der Waals surface area contributed by atoms with Crippen molar-refractivity contribution in [2.24, 2.45) is 23.2 Å². The number of carbonyl (C=O) groups excluding carboxylic acids is 1. The average Bonchev–Trinajstić information content (AvgIpc) is 2.91. The van der Waals surface area contributed by atoms with Gasteiger partial charge in [0.1, 0.15) is 6.10 Å². The molecule has 1 aliphatic heterocycles. The maximum atomic E-state index is 12.3. The summed E-state index contributed by atoms with van der Waals surface area (Å²) in [5.74, 6) is 0.849. The lowest BCUT2D eigenvalue weighted by atomic mass is 9.82. The predicted octanol–water partition coefficient (Wildman–Crippen LogP) is 4.54. The van der Waals surface area contributed by atoms with Crippen molar-refractivity contribution < 1.29 is 14.0 Å². The molecule has 0 aromatic rings.